The quantitative estimate of drug-likeness (QED) is 0.806. The summed E-state index contributed by atoms with van der Waals surface area (Å²) in [5.41, 5.74) is -0.538. The lowest BCUT2D eigenvalue weighted by Gasteiger charge is -2.23. The second kappa shape index (κ2) is 5.40. The molecule has 0 saturated heterocycles. The number of methoxy groups -OCH3 is 1. The lowest BCUT2D eigenvalue weighted by atomic mass is 10.1. The summed E-state index contributed by atoms with van der Waals surface area (Å²) in [5.74, 6) is -3.07. The number of nitrogens with one attached hydrogen (secondary N) is 1. The Hall–Kier alpha value is -1.23. The van der Waals surface area contributed by atoms with Gasteiger partial charge in [0.1, 0.15) is 5.82 Å². The Balaban J connectivity index is 2.64. The Morgan fingerprint density at radius 2 is 1.88 bits per heavy atom. The summed E-state index contributed by atoms with van der Waals surface area (Å²) in [6, 6.07) is 1.44. The van der Waals surface area contributed by atoms with E-state index in [4.69, 9.17) is 4.74 Å². The fourth-order valence-corrected chi connectivity index (χ4v) is 1.28. The maximum absolute atomic E-state index is 13.2. The van der Waals surface area contributed by atoms with E-state index < -0.39 is 17.5 Å². The highest BCUT2D eigenvalue weighted by Crippen LogP contribution is 2.20. The zero-order valence-electron chi connectivity index (χ0n) is 10.1. The lowest BCUT2D eigenvalue weighted by Crippen LogP contribution is -2.26. The summed E-state index contributed by atoms with van der Waals surface area (Å²) in [7, 11) is 1.57. The van der Waals surface area contributed by atoms with Gasteiger partial charge in [-0.05, 0) is 20.3 Å². The maximum atomic E-state index is 13.2. The molecule has 0 amide bonds. The molecule has 2 nitrogen and oxygen atoms in total. The summed E-state index contributed by atoms with van der Waals surface area (Å²) in [6.07, 6.45) is 0.584. The number of benzene rings is 1. The average molecular weight is 247 g/mol. The van der Waals surface area contributed by atoms with Crippen molar-refractivity contribution >= 4 is 5.69 Å². The SMILES string of the molecule is COC(C)(C)CCNc1cc(F)cc(F)c1F. The van der Waals surface area contributed by atoms with Crippen LogP contribution in [0.4, 0.5) is 18.9 Å². The zero-order chi connectivity index (χ0) is 13.1. The van der Waals surface area contributed by atoms with Crippen LogP contribution < -0.4 is 5.32 Å². The number of rotatable bonds is 5. The van der Waals surface area contributed by atoms with Gasteiger partial charge in [-0.25, -0.2) is 13.2 Å². The minimum absolute atomic E-state index is 0.172. The number of ether oxygens (including phenoxy) is 1. The van der Waals surface area contributed by atoms with E-state index in [9.17, 15) is 13.2 Å². The van der Waals surface area contributed by atoms with Crippen molar-refractivity contribution in [2.75, 3.05) is 19.0 Å². The van der Waals surface area contributed by atoms with E-state index in [-0.39, 0.29) is 11.3 Å². The van der Waals surface area contributed by atoms with Crippen LogP contribution >= 0.6 is 0 Å². The van der Waals surface area contributed by atoms with Gasteiger partial charge in [-0.1, -0.05) is 0 Å². The first-order valence-electron chi connectivity index (χ1n) is 5.29. The van der Waals surface area contributed by atoms with Gasteiger partial charge in [0.05, 0.1) is 11.3 Å². The van der Waals surface area contributed by atoms with Gasteiger partial charge in [0.15, 0.2) is 11.6 Å². The summed E-state index contributed by atoms with van der Waals surface area (Å²) in [5, 5.41) is 2.65. The van der Waals surface area contributed by atoms with Crippen LogP contribution in [-0.4, -0.2) is 19.3 Å². The van der Waals surface area contributed by atoms with E-state index in [2.05, 4.69) is 5.32 Å². The Morgan fingerprint density at radius 1 is 1.24 bits per heavy atom. The van der Waals surface area contributed by atoms with E-state index in [0.29, 0.717) is 19.0 Å². The van der Waals surface area contributed by atoms with Crippen molar-refractivity contribution in [2.45, 2.75) is 25.9 Å². The Labute approximate surface area is 98.8 Å². The zero-order valence-corrected chi connectivity index (χ0v) is 10.1. The van der Waals surface area contributed by atoms with E-state index in [1.165, 1.54) is 0 Å². The van der Waals surface area contributed by atoms with Gasteiger partial charge in [0, 0.05) is 25.8 Å². The van der Waals surface area contributed by atoms with Crippen LogP contribution in [0.3, 0.4) is 0 Å². The molecule has 0 aromatic heterocycles. The van der Waals surface area contributed by atoms with Crippen LogP contribution in [0, 0.1) is 17.5 Å². The molecule has 0 radical (unpaired) electrons. The number of hydrogen-bond donors (Lipinski definition) is 1. The minimum atomic E-state index is -1.20. The second-order valence-corrected chi connectivity index (χ2v) is 4.39. The first-order chi connectivity index (χ1) is 7.85. The molecular weight excluding hydrogens is 231 g/mol. The van der Waals surface area contributed by atoms with Crippen molar-refractivity contribution in [3.05, 3.63) is 29.6 Å². The van der Waals surface area contributed by atoms with E-state index in [0.717, 1.165) is 6.07 Å². The van der Waals surface area contributed by atoms with Gasteiger partial charge in [0.2, 0.25) is 0 Å². The molecule has 96 valence electrons. The number of hydrogen-bond acceptors (Lipinski definition) is 2. The third kappa shape index (κ3) is 3.93. The molecule has 1 aromatic rings. The molecule has 5 heteroatoms. The van der Waals surface area contributed by atoms with Gasteiger partial charge >= 0.3 is 0 Å². The van der Waals surface area contributed by atoms with Crippen LogP contribution in [0.1, 0.15) is 20.3 Å². The molecule has 1 rings (SSSR count). The highest BCUT2D eigenvalue weighted by molar-refractivity contribution is 5.45. The first kappa shape index (κ1) is 13.8. The predicted octanol–water partition coefficient (Wildman–Crippen LogP) is 3.33. The van der Waals surface area contributed by atoms with Crippen molar-refractivity contribution < 1.29 is 17.9 Å². The Kier molecular flexibility index (Phi) is 4.40. The molecule has 0 heterocycles. The molecule has 17 heavy (non-hydrogen) atoms. The Morgan fingerprint density at radius 3 is 2.47 bits per heavy atom. The fraction of sp³-hybridized carbons (Fsp3) is 0.500. The van der Waals surface area contributed by atoms with E-state index >= 15 is 0 Å². The number of halogens is 3. The molecule has 0 saturated carbocycles. The van der Waals surface area contributed by atoms with Crippen LogP contribution in [-0.2, 0) is 4.74 Å². The average Bonchev–Trinajstić information content (AvgIpc) is 2.24. The van der Waals surface area contributed by atoms with Crippen molar-refractivity contribution in [3.63, 3.8) is 0 Å². The minimum Gasteiger partial charge on any atom is -0.382 e. The van der Waals surface area contributed by atoms with Crippen LogP contribution in [0.25, 0.3) is 0 Å². The van der Waals surface area contributed by atoms with Crippen LogP contribution in [0.5, 0.6) is 0 Å². The van der Waals surface area contributed by atoms with Gasteiger partial charge in [0.25, 0.3) is 0 Å². The molecule has 0 spiro atoms. The molecular formula is C12H16F3NO. The Bertz CT molecular complexity index is 394. The maximum Gasteiger partial charge on any atom is 0.182 e. The standard InChI is InChI=1S/C12H16F3NO/c1-12(2,17-3)4-5-16-10-7-8(13)6-9(14)11(10)15/h6-7,16H,4-5H2,1-3H3. The third-order valence-electron chi connectivity index (χ3n) is 2.59. The van der Waals surface area contributed by atoms with Gasteiger partial charge in [-0.15, -0.1) is 0 Å². The summed E-state index contributed by atoms with van der Waals surface area (Å²) < 4.78 is 44.2. The molecule has 0 aliphatic carbocycles. The molecule has 1 N–H and O–H groups in total. The van der Waals surface area contributed by atoms with E-state index in [1.54, 1.807) is 7.11 Å². The molecule has 0 bridgehead atoms. The molecule has 0 atom stereocenters. The molecule has 0 fully saturated rings. The van der Waals surface area contributed by atoms with E-state index in [1.807, 2.05) is 13.8 Å². The van der Waals surface area contributed by atoms with Gasteiger partial charge < -0.3 is 10.1 Å². The summed E-state index contributed by atoms with van der Waals surface area (Å²) in [4.78, 5) is 0. The van der Waals surface area contributed by atoms with Crippen LogP contribution in [0.2, 0.25) is 0 Å². The van der Waals surface area contributed by atoms with Crippen LogP contribution in [0.15, 0.2) is 12.1 Å². The second-order valence-electron chi connectivity index (χ2n) is 4.39. The molecule has 0 aliphatic heterocycles. The summed E-state index contributed by atoms with van der Waals surface area (Å²) in [6.45, 7) is 4.11. The molecule has 1 aromatic carbocycles. The number of anilines is 1. The highest BCUT2D eigenvalue weighted by atomic mass is 19.2. The third-order valence-corrected chi connectivity index (χ3v) is 2.59. The highest BCUT2D eigenvalue weighted by Gasteiger charge is 2.16. The first-order valence-corrected chi connectivity index (χ1v) is 5.29. The lowest BCUT2D eigenvalue weighted by molar-refractivity contribution is 0.0184. The molecule has 0 unspecified atom stereocenters. The smallest absolute Gasteiger partial charge is 0.182 e. The van der Waals surface area contributed by atoms with Gasteiger partial charge in [-0.2, -0.15) is 0 Å². The van der Waals surface area contributed by atoms with Crippen molar-refractivity contribution in [1.82, 2.24) is 0 Å². The molecule has 0 aliphatic rings. The fourth-order valence-electron chi connectivity index (χ4n) is 1.28. The summed E-state index contributed by atoms with van der Waals surface area (Å²) >= 11 is 0. The van der Waals surface area contributed by atoms with Crippen molar-refractivity contribution in [3.8, 4) is 0 Å². The predicted molar refractivity (Wildman–Crippen MR) is 60.5 cm³/mol. The van der Waals surface area contributed by atoms with Gasteiger partial charge in [-0.3, -0.25) is 0 Å². The van der Waals surface area contributed by atoms with Crippen molar-refractivity contribution in [1.29, 1.82) is 0 Å². The topological polar surface area (TPSA) is 21.3 Å². The normalized spacial score (nSPS) is 11.6. The van der Waals surface area contributed by atoms with Crippen molar-refractivity contribution in [2.24, 2.45) is 0 Å². The monoisotopic (exact) mass is 247 g/mol. The largest absolute Gasteiger partial charge is 0.382 e.